The Bertz CT molecular complexity index is 241. The largest absolute Gasteiger partial charge is 0.297 e. The molecular weight excluding hydrogens is 202 g/mol. The van der Waals surface area contributed by atoms with Gasteiger partial charge in [-0.2, -0.15) is 8.42 Å². The van der Waals surface area contributed by atoms with Gasteiger partial charge in [0, 0.05) is 25.2 Å². The zero-order chi connectivity index (χ0) is 11.4. The van der Waals surface area contributed by atoms with Crippen LogP contribution in [-0.2, 0) is 10.2 Å². The molecule has 0 aromatic heterocycles. The third kappa shape index (κ3) is 6.31. The predicted molar refractivity (Wildman–Crippen MR) is 58.1 cm³/mol. The van der Waals surface area contributed by atoms with Crippen molar-refractivity contribution in [2.75, 3.05) is 13.1 Å². The second-order valence-corrected chi connectivity index (χ2v) is 5.24. The van der Waals surface area contributed by atoms with E-state index in [1.54, 1.807) is 0 Å². The molecule has 0 bridgehead atoms. The molecule has 14 heavy (non-hydrogen) atoms. The van der Waals surface area contributed by atoms with Crippen LogP contribution in [0.15, 0.2) is 0 Å². The van der Waals surface area contributed by atoms with Gasteiger partial charge in [-0.25, -0.2) is 9.86 Å². The molecule has 6 heteroatoms. The molecule has 0 unspecified atom stereocenters. The predicted octanol–water partition coefficient (Wildman–Crippen LogP) is -0.102. The number of rotatable bonds is 6. The quantitative estimate of drug-likeness (QED) is 0.660. The van der Waals surface area contributed by atoms with Crippen LogP contribution in [0.25, 0.3) is 0 Å². The maximum Gasteiger partial charge on any atom is 0.274 e. The molecule has 0 saturated carbocycles. The van der Waals surface area contributed by atoms with E-state index in [9.17, 15) is 8.42 Å². The monoisotopic (exact) mass is 223 g/mol. The third-order valence-corrected chi connectivity index (χ3v) is 2.61. The number of nitrogens with one attached hydrogen (secondary N) is 1. The molecule has 86 valence electrons. The summed E-state index contributed by atoms with van der Waals surface area (Å²) in [7, 11) is -3.55. The Morgan fingerprint density at radius 1 is 1.21 bits per heavy atom. The fourth-order valence-electron chi connectivity index (χ4n) is 1.43. The van der Waals surface area contributed by atoms with Crippen molar-refractivity contribution >= 4 is 10.2 Å². The molecule has 3 N–H and O–H groups in total. The van der Waals surface area contributed by atoms with Gasteiger partial charge in [-0.3, -0.25) is 4.90 Å². The highest BCUT2D eigenvalue weighted by Gasteiger charge is 2.13. The maximum atomic E-state index is 10.6. The second kappa shape index (κ2) is 5.65. The summed E-state index contributed by atoms with van der Waals surface area (Å²) >= 11 is 0. The van der Waals surface area contributed by atoms with Crippen LogP contribution in [0.2, 0.25) is 0 Å². The Labute approximate surface area is 86.8 Å². The van der Waals surface area contributed by atoms with E-state index >= 15 is 0 Å². The van der Waals surface area contributed by atoms with Gasteiger partial charge in [0.15, 0.2) is 0 Å². The lowest BCUT2D eigenvalue weighted by atomic mass is 10.2. The van der Waals surface area contributed by atoms with Gasteiger partial charge in [0.25, 0.3) is 10.2 Å². The van der Waals surface area contributed by atoms with Crippen molar-refractivity contribution in [3.63, 3.8) is 0 Å². The Morgan fingerprint density at radius 2 is 1.64 bits per heavy atom. The van der Waals surface area contributed by atoms with Crippen LogP contribution in [-0.4, -0.2) is 38.5 Å². The average Bonchev–Trinajstić information content (AvgIpc) is 1.94. The van der Waals surface area contributed by atoms with Crippen molar-refractivity contribution in [2.24, 2.45) is 5.14 Å². The second-order valence-electron chi connectivity index (χ2n) is 3.86. The molecule has 5 nitrogen and oxygen atoms in total. The molecule has 0 spiro atoms. The van der Waals surface area contributed by atoms with Gasteiger partial charge in [-0.05, 0) is 27.7 Å². The van der Waals surface area contributed by atoms with Gasteiger partial charge in [0.1, 0.15) is 0 Å². The summed E-state index contributed by atoms with van der Waals surface area (Å²) in [6, 6.07) is 0.801. The zero-order valence-corrected chi connectivity index (χ0v) is 10.1. The molecule has 0 aromatic carbocycles. The van der Waals surface area contributed by atoms with E-state index in [-0.39, 0.29) is 0 Å². The van der Waals surface area contributed by atoms with Crippen molar-refractivity contribution in [1.82, 2.24) is 9.62 Å². The first-order valence-corrected chi connectivity index (χ1v) is 6.32. The van der Waals surface area contributed by atoms with Gasteiger partial charge >= 0.3 is 0 Å². The van der Waals surface area contributed by atoms with Crippen molar-refractivity contribution in [1.29, 1.82) is 0 Å². The number of hydrogen-bond acceptors (Lipinski definition) is 3. The van der Waals surface area contributed by atoms with Gasteiger partial charge in [0.2, 0.25) is 0 Å². The van der Waals surface area contributed by atoms with E-state index in [0.717, 1.165) is 0 Å². The minimum Gasteiger partial charge on any atom is -0.297 e. The van der Waals surface area contributed by atoms with E-state index in [0.29, 0.717) is 25.2 Å². The smallest absolute Gasteiger partial charge is 0.274 e. The van der Waals surface area contributed by atoms with E-state index in [1.807, 2.05) is 0 Å². The lowest BCUT2D eigenvalue weighted by Crippen LogP contribution is -2.43. The molecule has 0 aliphatic rings. The Kier molecular flexibility index (Phi) is 5.58. The van der Waals surface area contributed by atoms with Crippen molar-refractivity contribution in [3.8, 4) is 0 Å². The maximum absolute atomic E-state index is 10.6. The van der Waals surface area contributed by atoms with Crippen molar-refractivity contribution in [3.05, 3.63) is 0 Å². The summed E-state index contributed by atoms with van der Waals surface area (Å²) < 4.78 is 23.5. The Morgan fingerprint density at radius 3 is 1.93 bits per heavy atom. The van der Waals surface area contributed by atoms with E-state index in [2.05, 4.69) is 37.3 Å². The molecule has 0 rings (SSSR count). The normalized spacial score (nSPS) is 13.1. The molecule has 0 aromatic rings. The Balaban J connectivity index is 3.96. The first-order chi connectivity index (χ1) is 6.24. The molecular formula is C8H21N3O2S. The molecule has 0 aliphatic carbocycles. The van der Waals surface area contributed by atoms with Crippen LogP contribution in [0.1, 0.15) is 27.7 Å². The molecule has 0 atom stereocenters. The lowest BCUT2D eigenvalue weighted by Gasteiger charge is -2.30. The van der Waals surface area contributed by atoms with E-state index in [4.69, 9.17) is 5.14 Å². The summed E-state index contributed by atoms with van der Waals surface area (Å²) in [5, 5.41) is 4.82. The molecule has 0 amide bonds. The van der Waals surface area contributed by atoms with E-state index < -0.39 is 10.2 Å². The fourth-order valence-corrected chi connectivity index (χ4v) is 1.81. The number of nitrogens with zero attached hydrogens (tertiary/aromatic N) is 1. The topological polar surface area (TPSA) is 75.4 Å². The number of hydrogen-bond donors (Lipinski definition) is 2. The van der Waals surface area contributed by atoms with Crippen LogP contribution >= 0.6 is 0 Å². The summed E-state index contributed by atoms with van der Waals surface area (Å²) in [5.74, 6) is 0. The first kappa shape index (κ1) is 13.8. The van der Waals surface area contributed by atoms with Crippen LogP contribution in [0.4, 0.5) is 0 Å². The highest BCUT2D eigenvalue weighted by molar-refractivity contribution is 7.87. The summed E-state index contributed by atoms with van der Waals surface area (Å²) in [5.41, 5.74) is 0. The SMILES string of the molecule is CC(C)N(CCNS(N)(=O)=O)C(C)C. The molecule has 0 radical (unpaired) electrons. The Hall–Kier alpha value is -0.170. The summed E-state index contributed by atoms with van der Waals surface area (Å²) in [4.78, 5) is 2.19. The zero-order valence-electron chi connectivity index (χ0n) is 9.32. The lowest BCUT2D eigenvalue weighted by molar-refractivity contribution is 0.179. The van der Waals surface area contributed by atoms with Gasteiger partial charge < -0.3 is 0 Å². The van der Waals surface area contributed by atoms with Crippen LogP contribution in [0.3, 0.4) is 0 Å². The summed E-state index contributed by atoms with van der Waals surface area (Å²) in [6.07, 6.45) is 0. The summed E-state index contributed by atoms with van der Waals surface area (Å²) in [6.45, 7) is 9.35. The highest BCUT2D eigenvalue weighted by atomic mass is 32.2. The molecule has 0 aliphatic heterocycles. The van der Waals surface area contributed by atoms with Crippen LogP contribution < -0.4 is 9.86 Å². The van der Waals surface area contributed by atoms with Gasteiger partial charge in [-0.1, -0.05) is 0 Å². The van der Waals surface area contributed by atoms with Gasteiger partial charge in [-0.15, -0.1) is 0 Å². The van der Waals surface area contributed by atoms with Crippen molar-refractivity contribution < 1.29 is 8.42 Å². The average molecular weight is 223 g/mol. The van der Waals surface area contributed by atoms with Gasteiger partial charge in [0.05, 0.1) is 0 Å². The highest BCUT2D eigenvalue weighted by Crippen LogP contribution is 2.03. The first-order valence-electron chi connectivity index (χ1n) is 4.77. The molecule has 0 heterocycles. The third-order valence-electron chi connectivity index (χ3n) is 2.00. The fraction of sp³-hybridized carbons (Fsp3) is 1.00. The van der Waals surface area contributed by atoms with E-state index in [1.165, 1.54) is 0 Å². The van der Waals surface area contributed by atoms with Crippen LogP contribution in [0, 0.1) is 0 Å². The minimum atomic E-state index is -3.55. The van der Waals surface area contributed by atoms with Crippen LogP contribution in [0.5, 0.6) is 0 Å². The van der Waals surface area contributed by atoms with Crippen molar-refractivity contribution in [2.45, 2.75) is 39.8 Å². The molecule has 0 fully saturated rings. The standard InChI is InChI=1S/C8H21N3O2S/c1-7(2)11(8(3)4)6-5-10-14(9,12)13/h7-8,10H,5-6H2,1-4H3,(H2,9,12,13). The molecule has 0 saturated heterocycles. The number of nitrogens with two attached hydrogens (primary N) is 1. The minimum absolute atomic E-state index is 0.356.